The lowest BCUT2D eigenvalue weighted by atomic mass is 9.89. The van der Waals surface area contributed by atoms with Gasteiger partial charge in [0, 0.05) is 43.6 Å². The van der Waals surface area contributed by atoms with Crippen molar-refractivity contribution in [3.63, 3.8) is 0 Å². The average molecular weight is 470 g/mol. The summed E-state index contributed by atoms with van der Waals surface area (Å²) in [6, 6.07) is 19.8. The predicted molar refractivity (Wildman–Crippen MR) is 136 cm³/mol. The molecule has 2 aliphatic heterocycles. The largest absolute Gasteiger partial charge is 0.354 e. The molecule has 1 atom stereocenters. The van der Waals surface area contributed by atoms with E-state index >= 15 is 0 Å². The quantitative estimate of drug-likeness (QED) is 0.604. The van der Waals surface area contributed by atoms with E-state index in [2.05, 4.69) is 32.5 Å². The number of aromatic nitrogens is 2. The van der Waals surface area contributed by atoms with E-state index in [0.717, 1.165) is 61.5 Å². The smallest absolute Gasteiger partial charge is 0.253 e. The van der Waals surface area contributed by atoms with Gasteiger partial charge in [-0.05, 0) is 74.1 Å². The number of likely N-dealkylation sites (tertiary alicyclic amines) is 1. The molecular weight excluding hydrogens is 438 g/mol. The summed E-state index contributed by atoms with van der Waals surface area (Å²) in [5, 5.41) is 11.2. The van der Waals surface area contributed by atoms with Gasteiger partial charge in [-0.25, -0.2) is 0 Å². The van der Waals surface area contributed by atoms with E-state index in [4.69, 9.17) is 0 Å². The van der Waals surface area contributed by atoms with Gasteiger partial charge in [0.25, 0.3) is 5.91 Å². The zero-order valence-corrected chi connectivity index (χ0v) is 20.1. The molecule has 35 heavy (non-hydrogen) atoms. The maximum absolute atomic E-state index is 12.8. The van der Waals surface area contributed by atoms with Crippen LogP contribution < -0.4 is 10.2 Å². The van der Waals surface area contributed by atoms with Crippen molar-refractivity contribution in [2.24, 2.45) is 5.92 Å². The summed E-state index contributed by atoms with van der Waals surface area (Å²) in [6.45, 7) is 5.02. The molecule has 2 fully saturated rings. The molecule has 0 bridgehead atoms. The average Bonchev–Trinajstić information content (AvgIpc) is 3.41. The highest BCUT2D eigenvalue weighted by molar-refractivity contribution is 5.94. The summed E-state index contributed by atoms with van der Waals surface area (Å²) in [7, 11) is 0. The summed E-state index contributed by atoms with van der Waals surface area (Å²) >= 11 is 0. The van der Waals surface area contributed by atoms with Crippen LogP contribution in [0.4, 0.5) is 11.5 Å². The van der Waals surface area contributed by atoms with Gasteiger partial charge in [-0.2, -0.15) is 5.10 Å². The lowest BCUT2D eigenvalue weighted by Gasteiger charge is -2.32. The highest BCUT2D eigenvalue weighted by atomic mass is 16.2. The van der Waals surface area contributed by atoms with Gasteiger partial charge in [-0.15, -0.1) is 5.10 Å². The van der Waals surface area contributed by atoms with E-state index in [1.807, 2.05) is 60.4 Å². The van der Waals surface area contributed by atoms with E-state index in [1.54, 1.807) is 6.20 Å². The molecule has 5 rings (SSSR count). The minimum absolute atomic E-state index is 0.0482. The van der Waals surface area contributed by atoms with Crippen LogP contribution in [-0.4, -0.2) is 53.1 Å². The molecule has 180 valence electrons. The van der Waals surface area contributed by atoms with Gasteiger partial charge in [-0.1, -0.05) is 29.8 Å². The number of nitrogens with one attached hydrogen (secondary N) is 1. The van der Waals surface area contributed by atoms with Crippen molar-refractivity contribution in [2.45, 2.75) is 32.1 Å². The SMILES string of the molecule is Cc1ccc(C(=O)N2CCC(c3ccc(NC(=O)[C@H]4CCN(c5cccnn5)C4)cc3)CC2)cc1. The molecule has 2 aromatic carbocycles. The van der Waals surface area contributed by atoms with Gasteiger partial charge in [0.2, 0.25) is 5.91 Å². The van der Waals surface area contributed by atoms with Gasteiger partial charge in [0.05, 0.1) is 5.92 Å². The van der Waals surface area contributed by atoms with Crippen LogP contribution in [0.25, 0.3) is 0 Å². The maximum Gasteiger partial charge on any atom is 0.253 e. The molecule has 1 aromatic heterocycles. The lowest BCUT2D eigenvalue weighted by Crippen LogP contribution is -2.37. The molecule has 7 heteroatoms. The van der Waals surface area contributed by atoms with Crippen molar-refractivity contribution in [1.29, 1.82) is 0 Å². The van der Waals surface area contributed by atoms with Crippen molar-refractivity contribution in [1.82, 2.24) is 15.1 Å². The normalized spacial score (nSPS) is 18.5. The number of aryl methyl sites for hydroxylation is 1. The molecule has 2 saturated heterocycles. The minimum atomic E-state index is -0.0629. The summed E-state index contributed by atoms with van der Waals surface area (Å²) in [5.74, 6) is 1.35. The Hall–Kier alpha value is -3.74. The number of piperidine rings is 1. The first-order valence-corrected chi connectivity index (χ1v) is 12.4. The first-order chi connectivity index (χ1) is 17.1. The zero-order chi connectivity index (χ0) is 24.2. The van der Waals surface area contributed by atoms with Crippen molar-refractivity contribution >= 4 is 23.3 Å². The standard InChI is InChI=1S/C28H31N5O2/c1-20-4-6-23(7-5-20)28(35)32-16-12-22(13-17-32)21-8-10-25(11-9-21)30-27(34)24-14-18-33(19-24)26-3-2-15-29-31-26/h2-11,15,22,24H,12-14,16-19H2,1H3,(H,30,34)/t24-/m0/s1. The van der Waals surface area contributed by atoms with Crippen molar-refractivity contribution < 1.29 is 9.59 Å². The monoisotopic (exact) mass is 469 g/mol. The third-order valence-corrected chi connectivity index (χ3v) is 7.17. The Morgan fingerprint density at radius 3 is 2.34 bits per heavy atom. The van der Waals surface area contributed by atoms with Crippen LogP contribution in [-0.2, 0) is 4.79 Å². The molecular formula is C28H31N5O2. The molecule has 0 unspecified atom stereocenters. The van der Waals surface area contributed by atoms with E-state index < -0.39 is 0 Å². The molecule has 0 spiro atoms. The lowest BCUT2D eigenvalue weighted by molar-refractivity contribution is -0.119. The van der Waals surface area contributed by atoms with E-state index in [1.165, 1.54) is 5.56 Å². The second-order valence-corrected chi connectivity index (χ2v) is 9.56. The number of amides is 2. The third kappa shape index (κ3) is 5.34. The maximum atomic E-state index is 12.8. The van der Waals surface area contributed by atoms with Gasteiger partial charge in [-0.3, -0.25) is 9.59 Å². The van der Waals surface area contributed by atoms with Crippen molar-refractivity contribution in [3.05, 3.63) is 83.6 Å². The van der Waals surface area contributed by atoms with Crippen LogP contribution in [0.2, 0.25) is 0 Å². The number of carbonyl (C=O) groups excluding carboxylic acids is 2. The van der Waals surface area contributed by atoms with Crippen LogP contribution >= 0.6 is 0 Å². The van der Waals surface area contributed by atoms with Gasteiger partial charge in [0.15, 0.2) is 5.82 Å². The molecule has 7 nitrogen and oxygen atoms in total. The van der Waals surface area contributed by atoms with E-state index in [9.17, 15) is 9.59 Å². The molecule has 0 radical (unpaired) electrons. The highest BCUT2D eigenvalue weighted by Crippen LogP contribution is 2.30. The van der Waals surface area contributed by atoms with Crippen molar-refractivity contribution in [2.75, 3.05) is 36.4 Å². The number of rotatable bonds is 5. The number of hydrogen-bond acceptors (Lipinski definition) is 5. The topological polar surface area (TPSA) is 78.4 Å². The molecule has 1 N–H and O–H groups in total. The molecule has 2 amide bonds. The third-order valence-electron chi connectivity index (χ3n) is 7.17. The molecule has 3 aromatic rings. The molecule has 0 saturated carbocycles. The summed E-state index contributed by atoms with van der Waals surface area (Å²) < 4.78 is 0. The molecule has 2 aliphatic rings. The first-order valence-electron chi connectivity index (χ1n) is 12.4. The minimum Gasteiger partial charge on any atom is -0.354 e. The number of anilines is 2. The Morgan fingerprint density at radius 1 is 0.914 bits per heavy atom. The Morgan fingerprint density at radius 2 is 1.66 bits per heavy atom. The number of hydrogen-bond donors (Lipinski definition) is 1. The zero-order valence-electron chi connectivity index (χ0n) is 20.1. The fourth-order valence-electron chi connectivity index (χ4n) is 5.02. The van der Waals surface area contributed by atoms with Crippen LogP contribution in [0.15, 0.2) is 66.9 Å². The highest BCUT2D eigenvalue weighted by Gasteiger charge is 2.29. The Balaban J connectivity index is 1.12. The van der Waals surface area contributed by atoms with Crippen LogP contribution in [0.5, 0.6) is 0 Å². The van der Waals surface area contributed by atoms with Gasteiger partial charge < -0.3 is 15.1 Å². The second kappa shape index (κ2) is 10.3. The van der Waals surface area contributed by atoms with Crippen LogP contribution in [0.3, 0.4) is 0 Å². The predicted octanol–water partition coefficient (Wildman–Crippen LogP) is 4.27. The molecule has 3 heterocycles. The Bertz CT molecular complexity index is 1160. The first kappa shape index (κ1) is 23.0. The fraction of sp³-hybridized carbons (Fsp3) is 0.357. The second-order valence-electron chi connectivity index (χ2n) is 9.56. The van der Waals surface area contributed by atoms with E-state index in [0.29, 0.717) is 12.5 Å². The number of carbonyl (C=O) groups is 2. The summed E-state index contributed by atoms with van der Waals surface area (Å²) in [6.07, 6.45) is 4.36. The number of nitrogens with zero attached hydrogens (tertiary/aromatic N) is 4. The fourth-order valence-corrected chi connectivity index (χ4v) is 5.02. The Kier molecular flexibility index (Phi) is 6.75. The number of benzene rings is 2. The van der Waals surface area contributed by atoms with Crippen LogP contribution in [0.1, 0.15) is 46.7 Å². The van der Waals surface area contributed by atoms with Gasteiger partial charge in [0.1, 0.15) is 0 Å². The summed E-state index contributed by atoms with van der Waals surface area (Å²) in [5.41, 5.74) is 4.01. The van der Waals surface area contributed by atoms with E-state index in [-0.39, 0.29) is 17.7 Å². The van der Waals surface area contributed by atoms with Gasteiger partial charge >= 0.3 is 0 Å². The van der Waals surface area contributed by atoms with Crippen molar-refractivity contribution in [3.8, 4) is 0 Å². The Labute approximate surface area is 206 Å². The molecule has 0 aliphatic carbocycles. The van der Waals surface area contributed by atoms with Crippen LogP contribution in [0, 0.1) is 12.8 Å². The summed E-state index contributed by atoms with van der Waals surface area (Å²) in [4.78, 5) is 29.7.